The van der Waals surface area contributed by atoms with E-state index in [0.717, 1.165) is 52.3 Å². The molecule has 0 unspecified atom stereocenters. The first-order valence-corrected chi connectivity index (χ1v) is 8.35. The van der Waals surface area contributed by atoms with Gasteiger partial charge in [0.2, 0.25) is 0 Å². The molecule has 0 aliphatic carbocycles. The molecule has 0 saturated carbocycles. The lowest BCUT2D eigenvalue weighted by Gasteiger charge is -2.42. The van der Waals surface area contributed by atoms with Gasteiger partial charge >= 0.3 is 0 Å². The number of nitrogens with zero attached hydrogens (tertiary/aromatic N) is 1. The summed E-state index contributed by atoms with van der Waals surface area (Å²) in [5.74, 6) is 0. The van der Waals surface area contributed by atoms with Crippen molar-refractivity contribution in [2.45, 2.75) is 59.1 Å². The van der Waals surface area contributed by atoms with Gasteiger partial charge in [-0.25, -0.2) is 0 Å². The molecule has 0 radical (unpaired) electrons. The van der Waals surface area contributed by atoms with E-state index in [4.69, 9.17) is 9.47 Å². The van der Waals surface area contributed by atoms with E-state index in [9.17, 15) is 0 Å². The van der Waals surface area contributed by atoms with Crippen LogP contribution in [0.2, 0.25) is 0 Å². The van der Waals surface area contributed by atoms with Crippen LogP contribution in [-0.4, -0.2) is 63.0 Å². The summed E-state index contributed by atoms with van der Waals surface area (Å²) in [6, 6.07) is 0. The molecule has 0 aromatic rings. The molecule has 1 aliphatic rings. The molecule has 4 heteroatoms. The summed E-state index contributed by atoms with van der Waals surface area (Å²) in [5.41, 5.74) is 0.503. The van der Waals surface area contributed by atoms with Crippen molar-refractivity contribution in [3.63, 3.8) is 0 Å². The van der Waals surface area contributed by atoms with E-state index < -0.39 is 0 Å². The normalized spacial score (nSPS) is 19.4. The molecule has 0 spiro atoms. The number of likely N-dealkylation sites (N-methyl/N-ethyl adjacent to an activating group) is 1. The molecule has 1 rings (SSSR count). The molecule has 126 valence electrons. The molecule has 0 amide bonds. The number of ether oxygens (including phenoxy) is 2. The maximum Gasteiger partial charge on any atom is 0.0596 e. The predicted molar refractivity (Wildman–Crippen MR) is 88.8 cm³/mol. The van der Waals surface area contributed by atoms with Crippen LogP contribution in [0.25, 0.3) is 0 Å². The third-order valence-corrected chi connectivity index (χ3v) is 4.08. The van der Waals surface area contributed by atoms with Gasteiger partial charge in [0.25, 0.3) is 0 Å². The maximum absolute atomic E-state index is 5.67. The van der Waals surface area contributed by atoms with Crippen molar-refractivity contribution in [3.05, 3.63) is 0 Å². The molecule has 0 atom stereocenters. The quantitative estimate of drug-likeness (QED) is 0.747. The van der Waals surface area contributed by atoms with E-state index in [-0.39, 0.29) is 5.54 Å². The van der Waals surface area contributed by atoms with Crippen LogP contribution in [0.4, 0.5) is 0 Å². The van der Waals surface area contributed by atoms with E-state index in [1.807, 2.05) is 0 Å². The minimum absolute atomic E-state index is 0.171. The van der Waals surface area contributed by atoms with Gasteiger partial charge in [-0.3, -0.25) is 0 Å². The topological polar surface area (TPSA) is 33.7 Å². The Morgan fingerprint density at radius 2 is 1.86 bits per heavy atom. The van der Waals surface area contributed by atoms with Crippen LogP contribution >= 0.6 is 0 Å². The van der Waals surface area contributed by atoms with Crippen molar-refractivity contribution in [2.24, 2.45) is 5.41 Å². The molecule has 4 nitrogen and oxygen atoms in total. The molecule has 1 fully saturated rings. The second-order valence-corrected chi connectivity index (χ2v) is 7.87. The largest absolute Gasteiger partial charge is 0.381 e. The van der Waals surface area contributed by atoms with Gasteiger partial charge in [-0.1, -0.05) is 0 Å². The van der Waals surface area contributed by atoms with Crippen LogP contribution < -0.4 is 5.32 Å². The predicted octanol–water partition coefficient (Wildman–Crippen LogP) is 2.53. The summed E-state index contributed by atoms with van der Waals surface area (Å²) in [6.07, 6.45) is 2.61. The van der Waals surface area contributed by atoms with Crippen molar-refractivity contribution < 1.29 is 9.47 Å². The standard InChI is InChI=1S/C17H36N2O2/c1-15(2)21-12-9-19(6)14-17(7-10-20-11-8-17)13-18-16(3,4)5/h15,18H,7-14H2,1-6H3. The van der Waals surface area contributed by atoms with Crippen molar-refractivity contribution in [3.8, 4) is 0 Å². The Morgan fingerprint density at radius 3 is 2.38 bits per heavy atom. The summed E-state index contributed by atoms with van der Waals surface area (Å²) in [5, 5.41) is 3.70. The summed E-state index contributed by atoms with van der Waals surface area (Å²) in [7, 11) is 2.21. The average molecular weight is 300 g/mol. The first-order valence-electron chi connectivity index (χ1n) is 8.35. The van der Waals surface area contributed by atoms with Crippen LogP contribution in [0.15, 0.2) is 0 Å². The Bertz CT molecular complexity index is 281. The Balaban J connectivity index is 2.48. The van der Waals surface area contributed by atoms with Crippen molar-refractivity contribution >= 4 is 0 Å². The summed E-state index contributed by atoms with van der Waals surface area (Å²) in [6.45, 7) is 16.7. The Hall–Kier alpha value is -0.160. The molecular formula is C17H36N2O2. The van der Waals surface area contributed by atoms with Gasteiger partial charge in [0.1, 0.15) is 0 Å². The van der Waals surface area contributed by atoms with E-state index >= 15 is 0 Å². The summed E-state index contributed by atoms with van der Waals surface area (Å²) < 4.78 is 11.2. The lowest BCUT2D eigenvalue weighted by molar-refractivity contribution is -0.00961. The molecule has 0 aromatic carbocycles. The van der Waals surface area contributed by atoms with E-state index in [0.29, 0.717) is 11.5 Å². The van der Waals surface area contributed by atoms with Crippen LogP contribution in [0, 0.1) is 5.41 Å². The van der Waals surface area contributed by atoms with Crippen LogP contribution in [0.3, 0.4) is 0 Å². The van der Waals surface area contributed by atoms with Gasteiger partial charge in [-0.05, 0) is 59.9 Å². The second-order valence-electron chi connectivity index (χ2n) is 7.87. The van der Waals surface area contributed by atoms with Gasteiger partial charge in [-0.15, -0.1) is 0 Å². The fourth-order valence-electron chi connectivity index (χ4n) is 2.74. The number of rotatable bonds is 8. The summed E-state index contributed by atoms with van der Waals surface area (Å²) >= 11 is 0. The van der Waals surface area contributed by atoms with E-state index in [1.165, 1.54) is 0 Å². The van der Waals surface area contributed by atoms with Crippen LogP contribution in [-0.2, 0) is 9.47 Å². The van der Waals surface area contributed by atoms with E-state index in [2.05, 4.69) is 51.9 Å². The molecule has 21 heavy (non-hydrogen) atoms. The highest BCUT2D eigenvalue weighted by molar-refractivity contribution is 4.89. The van der Waals surface area contributed by atoms with Gasteiger partial charge in [0.15, 0.2) is 0 Å². The molecular weight excluding hydrogens is 264 g/mol. The number of nitrogens with one attached hydrogen (secondary N) is 1. The van der Waals surface area contributed by atoms with Gasteiger partial charge in [-0.2, -0.15) is 0 Å². The molecule has 0 bridgehead atoms. The van der Waals surface area contributed by atoms with Gasteiger partial charge < -0.3 is 19.7 Å². The molecule has 1 saturated heterocycles. The third kappa shape index (κ3) is 8.15. The highest BCUT2D eigenvalue weighted by atomic mass is 16.5. The Kier molecular flexibility index (Phi) is 7.62. The van der Waals surface area contributed by atoms with Crippen molar-refractivity contribution in [2.75, 3.05) is 46.5 Å². The highest BCUT2D eigenvalue weighted by Gasteiger charge is 2.34. The molecule has 1 heterocycles. The molecule has 1 N–H and O–H groups in total. The zero-order valence-corrected chi connectivity index (χ0v) is 15.0. The molecule has 1 aliphatic heterocycles. The smallest absolute Gasteiger partial charge is 0.0596 e. The van der Waals surface area contributed by atoms with E-state index in [1.54, 1.807) is 0 Å². The van der Waals surface area contributed by atoms with Gasteiger partial charge in [0.05, 0.1) is 12.7 Å². The summed E-state index contributed by atoms with van der Waals surface area (Å²) in [4.78, 5) is 2.41. The molecule has 0 aromatic heterocycles. The fourth-order valence-corrected chi connectivity index (χ4v) is 2.74. The Morgan fingerprint density at radius 1 is 1.24 bits per heavy atom. The van der Waals surface area contributed by atoms with Crippen molar-refractivity contribution in [1.82, 2.24) is 10.2 Å². The monoisotopic (exact) mass is 300 g/mol. The lowest BCUT2D eigenvalue weighted by Crippen LogP contribution is -2.51. The first kappa shape index (κ1) is 18.9. The van der Waals surface area contributed by atoms with Gasteiger partial charge in [0, 0.05) is 38.4 Å². The minimum atomic E-state index is 0.171. The average Bonchev–Trinajstić information content (AvgIpc) is 2.36. The number of hydrogen-bond acceptors (Lipinski definition) is 4. The maximum atomic E-state index is 5.67. The fraction of sp³-hybridized carbons (Fsp3) is 1.00. The third-order valence-electron chi connectivity index (χ3n) is 4.08. The zero-order chi connectivity index (χ0) is 15.9. The van der Waals surface area contributed by atoms with Crippen molar-refractivity contribution in [1.29, 1.82) is 0 Å². The van der Waals surface area contributed by atoms with Crippen LogP contribution in [0.1, 0.15) is 47.5 Å². The minimum Gasteiger partial charge on any atom is -0.381 e. The SMILES string of the molecule is CC(C)OCCN(C)CC1(CNC(C)(C)C)CCOCC1. The highest BCUT2D eigenvalue weighted by Crippen LogP contribution is 2.31. The van der Waals surface area contributed by atoms with Crippen LogP contribution in [0.5, 0.6) is 0 Å². The lowest BCUT2D eigenvalue weighted by atomic mass is 9.79. The first-order chi connectivity index (χ1) is 9.72. The zero-order valence-electron chi connectivity index (χ0n) is 15.0. The Labute approximate surface area is 131 Å². The second kappa shape index (κ2) is 8.47. The number of hydrogen-bond donors (Lipinski definition) is 1.